The Morgan fingerprint density at radius 1 is 0.308 bits per heavy atom. The van der Waals surface area contributed by atoms with Gasteiger partial charge in [0, 0.05) is 81.1 Å². The minimum atomic E-state index is -1.01. The fourth-order valence-electron chi connectivity index (χ4n) is 11.8. The summed E-state index contributed by atoms with van der Waals surface area (Å²) in [4.78, 5) is 14.5. The van der Waals surface area contributed by atoms with Crippen LogP contribution in [0.25, 0.3) is 0 Å². The lowest BCUT2D eigenvalue weighted by Gasteiger charge is -2.26. The molecule has 0 saturated carbocycles. The highest BCUT2D eigenvalue weighted by Crippen LogP contribution is 2.24. The van der Waals surface area contributed by atoms with Gasteiger partial charge < -0.3 is 8.83 Å². The second-order valence-electron chi connectivity index (χ2n) is 28.8. The van der Waals surface area contributed by atoms with Gasteiger partial charge in [0.05, 0.1) is 64.9 Å². The summed E-state index contributed by atoms with van der Waals surface area (Å²) in [5, 5.41) is 0. The zero-order chi connectivity index (χ0) is 89.1. The van der Waals surface area contributed by atoms with Crippen molar-refractivity contribution in [2.75, 3.05) is 134 Å². The molecule has 0 aliphatic heterocycles. The molecule has 8 rings (SSSR count). The fraction of sp³-hybridized carbons (Fsp3) is 0.412. The van der Waals surface area contributed by atoms with Gasteiger partial charge in [0.15, 0.2) is 6.30 Å². The predicted molar refractivity (Wildman–Crippen MR) is 484 cm³/mol. The molecule has 10 atom stereocenters. The van der Waals surface area contributed by atoms with Crippen LogP contribution in [0.1, 0.15) is 85.7 Å². The molecule has 0 bridgehead atoms. The van der Waals surface area contributed by atoms with Gasteiger partial charge in [-0.2, -0.15) is 0 Å². The van der Waals surface area contributed by atoms with Gasteiger partial charge in [0.25, 0.3) is 0 Å². The van der Waals surface area contributed by atoms with Gasteiger partial charge in [-0.1, -0.05) is 229 Å². The Kier molecular flexibility index (Phi) is 61.2. The number of hydrogen-bond acceptors (Lipinski definition) is 10. The quantitative estimate of drug-likeness (QED) is 0.0211. The normalized spacial score (nSPS) is 13.0. The second kappa shape index (κ2) is 68.3. The Morgan fingerprint density at radius 3 is 0.958 bits per heavy atom. The van der Waals surface area contributed by atoms with Crippen LogP contribution in [0.3, 0.4) is 0 Å². The Bertz CT molecular complexity index is 4120. The molecule has 6 aromatic carbocycles. The maximum Gasteiger partial charge on any atom is 0.158 e. The van der Waals surface area contributed by atoms with Gasteiger partial charge in [-0.3, -0.25) is 39.2 Å². The van der Waals surface area contributed by atoms with Crippen molar-refractivity contribution < 1.29 is 44.0 Å². The molecule has 2 heterocycles. The predicted octanol–water partition coefficient (Wildman–Crippen LogP) is 18.2. The molecule has 0 amide bonds. The van der Waals surface area contributed by atoms with Crippen LogP contribution in [0.4, 0.5) is 35.1 Å². The van der Waals surface area contributed by atoms with E-state index in [0.29, 0.717) is 96.7 Å². The second-order valence-corrected chi connectivity index (χ2v) is 28.8. The van der Waals surface area contributed by atoms with E-state index in [1.807, 2.05) is 261 Å². The number of rotatable bonds is 40. The molecule has 10 unspecified atom stereocenters. The summed E-state index contributed by atoms with van der Waals surface area (Å²) in [5.41, 5.74) is 6.33. The van der Waals surface area contributed by atoms with Crippen LogP contribution in [-0.4, -0.2) is 228 Å². The first-order chi connectivity index (χ1) is 57.9. The number of hydrogen-bond donors (Lipinski definition) is 0. The number of likely N-dealkylation sites (N-methyl/N-ethyl adjacent to an activating group) is 4. The number of nitrogens with zero attached hydrogens (tertiary/aromatic N) is 8. The fourth-order valence-corrected chi connectivity index (χ4v) is 11.8. The first-order valence-corrected chi connectivity index (χ1v) is 40.2. The number of halogens is 8. The molecule has 10 nitrogen and oxygen atoms in total. The van der Waals surface area contributed by atoms with Crippen LogP contribution in [0.5, 0.6) is 0 Å². The molecule has 0 fully saturated rings. The summed E-state index contributed by atoms with van der Waals surface area (Å²) in [5.74, 6) is 21.8. The van der Waals surface area contributed by atoms with E-state index in [4.69, 9.17) is 60.2 Å². The van der Waals surface area contributed by atoms with Gasteiger partial charge in [-0.05, 0) is 147 Å². The summed E-state index contributed by atoms with van der Waals surface area (Å²) in [6.07, 6.45) is 46.5. The van der Waals surface area contributed by atoms with Crippen LogP contribution < -0.4 is 0 Å². The third kappa shape index (κ3) is 47.9. The van der Waals surface area contributed by atoms with E-state index < -0.39 is 32.1 Å². The van der Waals surface area contributed by atoms with Crippen molar-refractivity contribution in [1.29, 1.82) is 0 Å². The molecule has 0 aliphatic rings. The van der Waals surface area contributed by atoms with E-state index in [1.165, 1.54) is 16.0 Å². The number of furan rings is 2. The lowest BCUT2D eigenvalue weighted by molar-refractivity contribution is 0.125. The standard InChI is InChI=1S/2C14H18FN.3C13H16FN.C12H16FNO.C12H14FN.C11H14FNO/c1-4-10-16(3)12(2)14(15)11-13-8-6-5-7-9-13;1-3-10-16(11-9-15)13(2)12-14-7-5-4-6-8-14;1-4-10-15(3)11(2)13(14)12-8-6-5-7-9-12;1-3-9-15(2)13(11-14)10-12-7-5-4-6-8-12;1-3-9-15(11-14)12(2)10-13-7-5-4-6-8-13;1-3-7-14(8-6-13)11(2)10-12-5-4-9-15-12;1-3-9-14(2)12(13)10-11-7-5-4-6-8-11;1-3-6-13(2)10(9-12)8-11-5-4-7-14-11/h1,5-9,12,14H,10-11H2,2-3H3;1,4-8,13H,9-12H2,2H3;1,5-9,11,13H,10H2,2-3H3;1,4-8,13H,9-11H2,2H3;1,4-8,12H,9-11H2,2H3;1,4-5,9,11H,6-8,10H2,2H3;1,4-8,12H,9-10H2,2H3;1,4-5,7,10H,6,8-9H2,2H3. The van der Waals surface area contributed by atoms with Crippen molar-refractivity contribution in [3.05, 3.63) is 264 Å². The Balaban J connectivity index is 0.000000686. The SMILES string of the molecule is C#CCN(C)C(C)C(F)Cc1ccccc1.C#CCN(C)C(C)C(F)c1ccccc1.C#CCN(C)C(CF)Cc1ccccc1.C#CCN(C)C(CF)Cc1ccco1.C#CCN(C)C(F)Cc1ccccc1.C#CCN(CCF)C(C)Cc1ccccc1.C#CCN(CCF)C(C)Cc1ccco1.C#CCN(CF)C(C)Cc1ccccc1. The minimum absolute atomic E-state index is 0.122. The number of benzene rings is 6. The number of terminal acetylenes is 8. The summed E-state index contributed by atoms with van der Waals surface area (Å²) in [6.45, 7) is 12.2. The van der Waals surface area contributed by atoms with Crippen LogP contribution in [0.15, 0.2) is 228 Å². The van der Waals surface area contributed by atoms with E-state index in [1.54, 1.807) is 42.7 Å². The van der Waals surface area contributed by atoms with Crippen molar-refractivity contribution in [1.82, 2.24) is 39.2 Å². The van der Waals surface area contributed by atoms with Gasteiger partial charge in [-0.25, -0.2) is 35.1 Å². The Labute approximate surface area is 716 Å². The van der Waals surface area contributed by atoms with Gasteiger partial charge in [-0.15, -0.1) is 51.4 Å². The average Bonchev–Trinajstić information content (AvgIpc) is 1.25. The summed E-state index contributed by atoms with van der Waals surface area (Å²) >= 11 is 0. The summed E-state index contributed by atoms with van der Waals surface area (Å²) < 4.78 is 115. The first-order valence-electron chi connectivity index (χ1n) is 40.2. The van der Waals surface area contributed by atoms with Gasteiger partial charge >= 0.3 is 0 Å². The molecule has 0 saturated heterocycles. The van der Waals surface area contributed by atoms with Gasteiger partial charge in [0.1, 0.15) is 57.4 Å². The zero-order valence-electron chi connectivity index (χ0n) is 72.2. The van der Waals surface area contributed by atoms with E-state index >= 15 is 0 Å². The molecule has 120 heavy (non-hydrogen) atoms. The Morgan fingerprint density at radius 2 is 0.608 bits per heavy atom. The average molecular weight is 1650 g/mol. The lowest BCUT2D eigenvalue weighted by atomic mass is 10.0. The van der Waals surface area contributed by atoms with Crippen molar-refractivity contribution in [2.24, 2.45) is 0 Å². The highest BCUT2D eigenvalue weighted by atomic mass is 19.2. The highest BCUT2D eigenvalue weighted by Gasteiger charge is 2.24. The summed E-state index contributed by atoms with van der Waals surface area (Å²) in [6, 6.07) is 65.9. The van der Waals surface area contributed by atoms with Crippen molar-refractivity contribution in [3.8, 4) is 98.8 Å². The van der Waals surface area contributed by atoms with Crippen molar-refractivity contribution >= 4 is 0 Å². The van der Waals surface area contributed by atoms with Crippen LogP contribution in [-0.2, 0) is 44.9 Å². The molecular weight excluding hydrogens is 1520 g/mol. The maximum absolute atomic E-state index is 14.0. The minimum Gasteiger partial charge on any atom is -0.469 e. The molecule has 8 aromatic rings. The van der Waals surface area contributed by atoms with Crippen LogP contribution in [0.2, 0.25) is 0 Å². The molecule has 644 valence electrons. The Hall–Kier alpha value is -10.5. The van der Waals surface area contributed by atoms with Crippen LogP contribution in [0, 0.1) is 98.8 Å². The van der Waals surface area contributed by atoms with E-state index in [2.05, 4.69) is 66.4 Å². The smallest absolute Gasteiger partial charge is 0.158 e. The lowest BCUT2D eigenvalue weighted by Crippen LogP contribution is -2.38. The molecular formula is C102H128F8N8O2. The third-order valence-electron chi connectivity index (χ3n) is 19.6. The van der Waals surface area contributed by atoms with Crippen LogP contribution >= 0.6 is 0 Å². The molecule has 0 radical (unpaired) electrons. The third-order valence-corrected chi connectivity index (χ3v) is 19.6. The monoisotopic (exact) mass is 1650 g/mol. The molecule has 0 aliphatic carbocycles. The topological polar surface area (TPSA) is 52.2 Å². The molecule has 2 aromatic heterocycles. The molecule has 0 spiro atoms. The van der Waals surface area contributed by atoms with E-state index in [-0.39, 0.29) is 62.3 Å². The van der Waals surface area contributed by atoms with Gasteiger partial charge in [0.2, 0.25) is 0 Å². The first kappa shape index (κ1) is 107. The van der Waals surface area contributed by atoms with Crippen molar-refractivity contribution in [3.63, 3.8) is 0 Å². The molecule has 0 N–H and O–H groups in total. The van der Waals surface area contributed by atoms with E-state index in [9.17, 15) is 35.1 Å². The molecule has 18 heteroatoms. The summed E-state index contributed by atoms with van der Waals surface area (Å²) in [7, 11) is 9.04. The highest BCUT2D eigenvalue weighted by molar-refractivity contribution is 5.22. The van der Waals surface area contributed by atoms with E-state index in [0.717, 1.165) is 47.5 Å². The largest absolute Gasteiger partial charge is 0.469 e. The maximum atomic E-state index is 14.0. The number of alkyl halides is 8. The zero-order valence-corrected chi connectivity index (χ0v) is 72.2. The van der Waals surface area contributed by atoms with Crippen molar-refractivity contribution in [2.45, 2.75) is 140 Å².